The first-order chi connectivity index (χ1) is 19.1. The van der Waals surface area contributed by atoms with Crippen LogP contribution in [0, 0.1) is 0 Å². The zero-order chi connectivity index (χ0) is 27.0. The van der Waals surface area contributed by atoms with Crippen molar-refractivity contribution in [2.24, 2.45) is 5.73 Å². The van der Waals surface area contributed by atoms with Crippen molar-refractivity contribution >= 4 is 23.5 Å². The Labute approximate surface area is 236 Å². The molecule has 0 radical (unpaired) electrons. The van der Waals surface area contributed by atoms with Gasteiger partial charge < -0.3 is 21.1 Å². The largest absolute Gasteiger partial charge is 0.351 e. The van der Waals surface area contributed by atoms with Gasteiger partial charge in [0.2, 0.25) is 0 Å². The topological polar surface area (TPSA) is 82.9 Å². The van der Waals surface area contributed by atoms with Crippen LogP contribution in [0.25, 0.3) is 6.08 Å². The van der Waals surface area contributed by atoms with Gasteiger partial charge in [-0.05, 0) is 41.3 Å². The molecule has 204 valence electrons. The Morgan fingerprint density at radius 3 is 2.36 bits per heavy atom. The van der Waals surface area contributed by atoms with Crippen LogP contribution in [0.5, 0.6) is 0 Å². The molecule has 3 aromatic carbocycles. The number of epoxide rings is 1. The maximum atomic E-state index is 12.4. The summed E-state index contributed by atoms with van der Waals surface area (Å²) in [5.74, 6) is 0.287. The Balaban J connectivity index is 1.20. The summed E-state index contributed by atoms with van der Waals surface area (Å²) < 4.78 is 6.19. The van der Waals surface area contributed by atoms with Crippen molar-refractivity contribution in [1.82, 2.24) is 15.5 Å². The van der Waals surface area contributed by atoms with Gasteiger partial charge in [-0.25, -0.2) is 0 Å². The lowest BCUT2D eigenvalue weighted by Crippen LogP contribution is -2.54. The molecule has 0 saturated carbocycles. The van der Waals surface area contributed by atoms with Crippen LogP contribution in [-0.2, 0) is 9.53 Å². The van der Waals surface area contributed by atoms with Crippen molar-refractivity contribution in [2.45, 2.75) is 36.8 Å². The van der Waals surface area contributed by atoms with Crippen LogP contribution in [0.2, 0.25) is 5.02 Å². The summed E-state index contributed by atoms with van der Waals surface area (Å²) in [6.45, 7) is 3.25. The highest BCUT2D eigenvalue weighted by Crippen LogP contribution is 2.34. The standard InChI is InChI=1S/C32H37ClN4O2/c33-26-14-11-23(12-15-26)13-16-28(38)21-35-20-27-17-18-37(32-31(39-32)30(19-34)36-27)22-29(24-7-3-1-4-8-24)25-9-5-2-6-10-25/h1-16,27,29-32,35-36H,17-22,34H2/b16-13+/t27-,30-,31?,32+/m0/s1. The maximum Gasteiger partial charge on any atom is 0.169 e. The van der Waals surface area contributed by atoms with Gasteiger partial charge in [-0.3, -0.25) is 9.69 Å². The van der Waals surface area contributed by atoms with E-state index in [9.17, 15) is 4.79 Å². The molecule has 2 fully saturated rings. The predicted molar refractivity (Wildman–Crippen MR) is 158 cm³/mol. The number of nitrogens with zero attached hydrogens (tertiary/aromatic N) is 1. The number of nitrogens with two attached hydrogens (primary N) is 1. The summed E-state index contributed by atoms with van der Waals surface area (Å²) in [6.07, 6.45) is 4.52. The Hall–Kier alpha value is -2.84. The van der Waals surface area contributed by atoms with Crippen molar-refractivity contribution in [1.29, 1.82) is 0 Å². The van der Waals surface area contributed by atoms with Crippen LogP contribution in [0.15, 0.2) is 91.0 Å². The number of ether oxygens (including phenoxy) is 1. The number of hydrogen-bond donors (Lipinski definition) is 3. The zero-order valence-corrected chi connectivity index (χ0v) is 22.8. The summed E-state index contributed by atoms with van der Waals surface area (Å²) in [5, 5.41) is 7.71. The van der Waals surface area contributed by atoms with Crippen molar-refractivity contribution < 1.29 is 9.53 Å². The average Bonchev–Trinajstić information content (AvgIpc) is 3.75. The summed E-state index contributed by atoms with van der Waals surface area (Å²) in [4.78, 5) is 14.9. The zero-order valence-electron chi connectivity index (χ0n) is 22.1. The molecule has 3 aromatic rings. The number of benzene rings is 3. The molecule has 0 aromatic heterocycles. The quantitative estimate of drug-likeness (QED) is 0.249. The summed E-state index contributed by atoms with van der Waals surface area (Å²) in [6, 6.07) is 29.1. The Morgan fingerprint density at radius 1 is 1.05 bits per heavy atom. The molecule has 4 N–H and O–H groups in total. The van der Waals surface area contributed by atoms with E-state index in [1.165, 1.54) is 11.1 Å². The molecule has 7 heteroatoms. The molecular weight excluding hydrogens is 508 g/mol. The number of hydrogen-bond acceptors (Lipinski definition) is 6. The van der Waals surface area contributed by atoms with Gasteiger partial charge in [0.05, 0.1) is 6.54 Å². The van der Waals surface area contributed by atoms with E-state index in [2.05, 4.69) is 76.2 Å². The Bertz CT molecular complexity index is 1180. The molecule has 0 spiro atoms. The van der Waals surface area contributed by atoms with Gasteiger partial charge in [0.25, 0.3) is 0 Å². The van der Waals surface area contributed by atoms with Crippen molar-refractivity contribution in [3.63, 3.8) is 0 Å². The van der Waals surface area contributed by atoms with Gasteiger partial charge >= 0.3 is 0 Å². The van der Waals surface area contributed by atoms with Gasteiger partial charge in [-0.15, -0.1) is 0 Å². The second kappa shape index (κ2) is 13.5. The second-order valence-electron chi connectivity index (χ2n) is 10.3. The predicted octanol–water partition coefficient (Wildman–Crippen LogP) is 4.06. The van der Waals surface area contributed by atoms with E-state index < -0.39 is 0 Å². The van der Waals surface area contributed by atoms with Gasteiger partial charge in [-0.1, -0.05) is 90.5 Å². The number of halogens is 1. The average molecular weight is 545 g/mol. The molecular formula is C32H37ClN4O2. The summed E-state index contributed by atoms with van der Waals surface area (Å²) in [7, 11) is 0. The summed E-state index contributed by atoms with van der Waals surface area (Å²) >= 11 is 5.93. The number of carbonyl (C=O) groups is 1. The number of nitrogens with one attached hydrogen (secondary N) is 2. The van der Waals surface area contributed by atoms with Crippen LogP contribution < -0.4 is 16.4 Å². The molecule has 2 aliphatic rings. The monoisotopic (exact) mass is 544 g/mol. The third kappa shape index (κ3) is 7.63. The van der Waals surface area contributed by atoms with Gasteiger partial charge in [-0.2, -0.15) is 0 Å². The van der Waals surface area contributed by atoms with Crippen LogP contribution in [-0.4, -0.2) is 67.8 Å². The molecule has 1 unspecified atom stereocenters. The highest BCUT2D eigenvalue weighted by molar-refractivity contribution is 6.30. The number of carbonyl (C=O) groups excluding carboxylic acids is 1. The number of rotatable bonds is 11. The van der Waals surface area contributed by atoms with Crippen LogP contribution in [0.3, 0.4) is 0 Å². The molecule has 39 heavy (non-hydrogen) atoms. The maximum absolute atomic E-state index is 12.4. The Kier molecular flexibility index (Phi) is 9.58. The van der Waals surface area contributed by atoms with E-state index in [0.717, 1.165) is 25.1 Å². The minimum atomic E-state index is 0.0342. The second-order valence-corrected chi connectivity index (χ2v) is 10.8. The smallest absolute Gasteiger partial charge is 0.169 e. The normalized spacial score (nSPS) is 23.4. The molecule has 2 heterocycles. The minimum absolute atomic E-state index is 0.0342. The fraction of sp³-hybridized carbons (Fsp3) is 0.344. The third-order valence-corrected chi connectivity index (χ3v) is 7.82. The van der Waals surface area contributed by atoms with Crippen molar-refractivity contribution in [2.75, 3.05) is 32.7 Å². The lowest BCUT2D eigenvalue weighted by molar-refractivity contribution is -0.113. The van der Waals surface area contributed by atoms with Crippen molar-refractivity contribution in [3.05, 3.63) is 113 Å². The van der Waals surface area contributed by atoms with E-state index in [1.807, 2.05) is 30.3 Å². The van der Waals surface area contributed by atoms with Gasteiger partial charge in [0, 0.05) is 49.2 Å². The first-order valence-corrected chi connectivity index (χ1v) is 14.1. The lowest BCUT2D eigenvalue weighted by Gasteiger charge is -2.33. The minimum Gasteiger partial charge on any atom is -0.351 e. The fourth-order valence-corrected chi connectivity index (χ4v) is 5.52. The van der Waals surface area contributed by atoms with Gasteiger partial charge in [0.1, 0.15) is 12.3 Å². The fourth-order valence-electron chi connectivity index (χ4n) is 5.39. The highest BCUT2D eigenvalue weighted by atomic mass is 35.5. The molecule has 2 aliphatic heterocycles. The molecule has 2 saturated heterocycles. The molecule has 0 bridgehead atoms. The van der Waals surface area contributed by atoms with E-state index in [-0.39, 0.29) is 42.7 Å². The SMILES string of the molecule is NC[C@@H]1N[C@H](CNCC(=O)/C=C/c2ccc(Cl)cc2)CCN(CC(c2ccccc2)c2ccccc2)[C@@H]2OC12. The third-order valence-electron chi connectivity index (χ3n) is 7.57. The van der Waals surface area contributed by atoms with E-state index >= 15 is 0 Å². The number of fused-ring (bicyclic) bond motifs is 1. The molecule has 0 aliphatic carbocycles. The van der Waals surface area contributed by atoms with E-state index in [1.54, 1.807) is 6.08 Å². The molecule has 5 rings (SSSR count). The first kappa shape index (κ1) is 27.7. The lowest BCUT2D eigenvalue weighted by atomic mass is 9.90. The number of ketones is 1. The van der Waals surface area contributed by atoms with Crippen LogP contribution >= 0.6 is 11.6 Å². The van der Waals surface area contributed by atoms with Crippen molar-refractivity contribution in [3.8, 4) is 0 Å². The summed E-state index contributed by atoms with van der Waals surface area (Å²) in [5.41, 5.74) is 9.72. The van der Waals surface area contributed by atoms with Gasteiger partial charge in [0.15, 0.2) is 5.78 Å². The highest BCUT2D eigenvalue weighted by Gasteiger charge is 2.50. The first-order valence-electron chi connectivity index (χ1n) is 13.7. The molecule has 0 amide bonds. The Morgan fingerprint density at radius 2 is 1.72 bits per heavy atom. The van der Waals surface area contributed by atoms with E-state index in [0.29, 0.717) is 18.1 Å². The van der Waals surface area contributed by atoms with E-state index in [4.69, 9.17) is 22.1 Å². The van der Waals surface area contributed by atoms with Crippen LogP contribution in [0.1, 0.15) is 29.0 Å². The molecule has 4 atom stereocenters. The molecule has 6 nitrogen and oxygen atoms in total. The van der Waals surface area contributed by atoms with Crippen LogP contribution in [0.4, 0.5) is 0 Å².